The smallest absolute Gasteiger partial charge is 0.251 e. The number of nitrogens with zero attached hydrogens (tertiary/aromatic N) is 1. The first-order chi connectivity index (χ1) is 14.0. The van der Waals surface area contributed by atoms with E-state index in [0.29, 0.717) is 22.6 Å². The minimum Gasteiger partial charge on any atom is -0.467 e. The van der Waals surface area contributed by atoms with Gasteiger partial charge in [0.15, 0.2) is 0 Å². The van der Waals surface area contributed by atoms with Gasteiger partial charge in [-0.05, 0) is 42.8 Å². The van der Waals surface area contributed by atoms with Crippen LogP contribution in [0.3, 0.4) is 0 Å². The van der Waals surface area contributed by atoms with Gasteiger partial charge < -0.3 is 14.6 Å². The number of fused-ring (bicyclic) bond motifs is 1. The second kappa shape index (κ2) is 8.13. The van der Waals surface area contributed by atoms with Crippen molar-refractivity contribution in [3.05, 3.63) is 83.1 Å². The summed E-state index contributed by atoms with van der Waals surface area (Å²) in [6.07, 6.45) is 1.55. The number of furan rings is 1. The first-order valence-electron chi connectivity index (χ1n) is 9.14. The minimum atomic E-state index is -0.357. The normalized spacial score (nSPS) is 13.3. The number of halogens is 1. The predicted octanol–water partition coefficient (Wildman–Crippen LogP) is 4.30. The summed E-state index contributed by atoms with van der Waals surface area (Å²) < 4.78 is 19.4. The number of rotatable bonds is 5. The summed E-state index contributed by atoms with van der Waals surface area (Å²) in [7, 11) is 0. The number of hydrogen-bond donors (Lipinski definition) is 1. The maximum absolute atomic E-state index is 14.2. The molecule has 5 nitrogen and oxygen atoms in total. The van der Waals surface area contributed by atoms with Crippen LogP contribution in [0.1, 0.15) is 27.2 Å². The van der Waals surface area contributed by atoms with Crippen LogP contribution < -0.4 is 10.2 Å². The van der Waals surface area contributed by atoms with E-state index in [1.807, 2.05) is 6.92 Å². The number of thioether (sulfide) groups is 1. The molecule has 0 bridgehead atoms. The van der Waals surface area contributed by atoms with Crippen molar-refractivity contribution in [2.45, 2.75) is 24.9 Å². The Morgan fingerprint density at radius 3 is 2.83 bits per heavy atom. The predicted molar refractivity (Wildman–Crippen MR) is 109 cm³/mol. The summed E-state index contributed by atoms with van der Waals surface area (Å²) in [6, 6.07) is 13.4. The lowest BCUT2D eigenvalue weighted by Crippen LogP contribution is -2.35. The Kier molecular flexibility index (Phi) is 5.40. The molecule has 4 rings (SSSR count). The summed E-state index contributed by atoms with van der Waals surface area (Å²) in [5.41, 5.74) is 2.42. The molecule has 0 unspecified atom stereocenters. The van der Waals surface area contributed by atoms with Gasteiger partial charge in [0.05, 0.1) is 30.8 Å². The van der Waals surface area contributed by atoms with Crippen LogP contribution in [0.25, 0.3) is 0 Å². The summed E-state index contributed by atoms with van der Waals surface area (Å²) in [4.78, 5) is 27.8. The molecule has 1 aliphatic heterocycles. The highest BCUT2D eigenvalue weighted by molar-refractivity contribution is 8.00. The molecule has 0 aliphatic carbocycles. The number of carbonyl (C=O) groups is 2. The third kappa shape index (κ3) is 4.05. The molecule has 2 aromatic carbocycles. The molecule has 29 heavy (non-hydrogen) atoms. The Bertz CT molecular complexity index is 1070. The highest BCUT2D eigenvalue weighted by Crippen LogP contribution is 2.39. The van der Waals surface area contributed by atoms with Gasteiger partial charge in [-0.1, -0.05) is 18.2 Å². The van der Waals surface area contributed by atoms with Crippen LogP contribution in [0.4, 0.5) is 10.1 Å². The van der Waals surface area contributed by atoms with Gasteiger partial charge in [0, 0.05) is 16.0 Å². The lowest BCUT2D eigenvalue weighted by atomic mass is 10.1. The maximum atomic E-state index is 14.2. The Morgan fingerprint density at radius 2 is 2.07 bits per heavy atom. The summed E-state index contributed by atoms with van der Waals surface area (Å²) in [5, 5.41) is 2.82. The molecule has 148 valence electrons. The fraction of sp³-hybridized carbons (Fsp3) is 0.182. The van der Waals surface area contributed by atoms with Gasteiger partial charge in [0.2, 0.25) is 5.91 Å². The fourth-order valence-corrected chi connectivity index (χ4v) is 4.30. The van der Waals surface area contributed by atoms with Gasteiger partial charge in [-0.2, -0.15) is 0 Å². The van der Waals surface area contributed by atoms with Crippen molar-refractivity contribution in [1.29, 1.82) is 0 Å². The average molecular weight is 410 g/mol. The zero-order chi connectivity index (χ0) is 20.4. The Balaban J connectivity index is 1.63. The number of aryl methyl sites for hydroxylation is 1. The molecule has 0 saturated heterocycles. The SMILES string of the molecule is Cc1cc(C(=O)NCc2ccco2)cc2c1SCC(=O)N2Cc1ccccc1F. The third-order valence-corrected chi connectivity index (χ3v) is 5.95. The molecule has 7 heteroatoms. The van der Waals surface area contributed by atoms with E-state index in [4.69, 9.17) is 4.42 Å². The standard InChI is InChI=1S/C22H19FN2O3S/c1-14-9-16(22(27)24-11-17-6-4-8-28-17)10-19-21(14)29-13-20(26)25(19)12-15-5-2-3-7-18(15)23/h2-10H,11-13H2,1H3,(H,24,27). The van der Waals surface area contributed by atoms with Crippen molar-refractivity contribution in [3.8, 4) is 0 Å². The van der Waals surface area contributed by atoms with E-state index in [2.05, 4.69) is 5.32 Å². The fourth-order valence-electron chi connectivity index (χ4n) is 3.27. The molecule has 2 amide bonds. The number of nitrogens with one attached hydrogen (secondary N) is 1. The lowest BCUT2D eigenvalue weighted by molar-refractivity contribution is -0.116. The van der Waals surface area contributed by atoms with Gasteiger partial charge in [0.1, 0.15) is 11.6 Å². The van der Waals surface area contributed by atoms with Crippen LogP contribution >= 0.6 is 11.8 Å². The molecule has 0 radical (unpaired) electrons. The molecule has 1 aromatic heterocycles. The van der Waals surface area contributed by atoms with E-state index < -0.39 is 0 Å². The summed E-state index contributed by atoms with van der Waals surface area (Å²) >= 11 is 1.44. The molecule has 0 spiro atoms. The minimum absolute atomic E-state index is 0.113. The number of anilines is 1. The van der Waals surface area contributed by atoms with E-state index in [1.165, 1.54) is 17.8 Å². The van der Waals surface area contributed by atoms with Gasteiger partial charge in [-0.25, -0.2) is 4.39 Å². The van der Waals surface area contributed by atoms with E-state index in [-0.39, 0.29) is 36.5 Å². The highest BCUT2D eigenvalue weighted by Gasteiger charge is 2.28. The zero-order valence-corrected chi connectivity index (χ0v) is 16.6. The number of carbonyl (C=O) groups excluding carboxylic acids is 2. The molecule has 0 fully saturated rings. The van der Waals surface area contributed by atoms with Gasteiger partial charge in [0.25, 0.3) is 5.91 Å². The third-order valence-electron chi connectivity index (χ3n) is 4.74. The van der Waals surface area contributed by atoms with Crippen LogP contribution in [0.5, 0.6) is 0 Å². The average Bonchev–Trinajstić information content (AvgIpc) is 3.23. The Morgan fingerprint density at radius 1 is 1.24 bits per heavy atom. The molecule has 2 heterocycles. The van der Waals surface area contributed by atoms with Crippen molar-refractivity contribution < 1.29 is 18.4 Å². The van der Waals surface area contributed by atoms with E-state index in [0.717, 1.165) is 10.5 Å². The van der Waals surface area contributed by atoms with Crippen molar-refractivity contribution in [1.82, 2.24) is 5.32 Å². The topological polar surface area (TPSA) is 62.6 Å². The van der Waals surface area contributed by atoms with Crippen molar-refractivity contribution >= 4 is 29.3 Å². The van der Waals surface area contributed by atoms with Crippen molar-refractivity contribution in [3.63, 3.8) is 0 Å². The zero-order valence-electron chi connectivity index (χ0n) is 15.8. The quantitative estimate of drug-likeness (QED) is 0.681. The van der Waals surface area contributed by atoms with E-state index in [9.17, 15) is 14.0 Å². The van der Waals surface area contributed by atoms with E-state index in [1.54, 1.807) is 53.6 Å². The van der Waals surface area contributed by atoms with E-state index >= 15 is 0 Å². The largest absolute Gasteiger partial charge is 0.467 e. The molecule has 1 N–H and O–H groups in total. The number of hydrogen-bond acceptors (Lipinski definition) is 4. The Hall–Kier alpha value is -3.06. The van der Waals surface area contributed by atoms with Crippen molar-refractivity contribution in [2.24, 2.45) is 0 Å². The van der Waals surface area contributed by atoms with Crippen LogP contribution in [0.15, 0.2) is 64.1 Å². The van der Waals surface area contributed by atoms with Gasteiger partial charge >= 0.3 is 0 Å². The first kappa shape index (κ1) is 19.3. The van der Waals surface area contributed by atoms with Gasteiger partial charge in [-0.3, -0.25) is 9.59 Å². The van der Waals surface area contributed by atoms with Crippen LogP contribution in [-0.2, 0) is 17.9 Å². The number of benzene rings is 2. The lowest BCUT2D eigenvalue weighted by Gasteiger charge is -2.30. The monoisotopic (exact) mass is 410 g/mol. The second-order valence-electron chi connectivity index (χ2n) is 6.76. The van der Waals surface area contributed by atoms with Crippen LogP contribution in [-0.4, -0.2) is 17.6 Å². The Labute approximate surface area is 171 Å². The van der Waals surface area contributed by atoms with Crippen molar-refractivity contribution in [2.75, 3.05) is 10.7 Å². The molecule has 3 aromatic rings. The van der Waals surface area contributed by atoms with Crippen LogP contribution in [0, 0.1) is 12.7 Å². The summed E-state index contributed by atoms with van der Waals surface area (Å²) in [5.74, 6) is 0.204. The second-order valence-corrected chi connectivity index (χ2v) is 7.75. The molecule has 0 atom stereocenters. The highest BCUT2D eigenvalue weighted by atomic mass is 32.2. The first-order valence-corrected chi connectivity index (χ1v) is 10.1. The maximum Gasteiger partial charge on any atom is 0.251 e. The molecule has 1 aliphatic rings. The molecular formula is C22H19FN2O3S. The van der Waals surface area contributed by atoms with Gasteiger partial charge in [-0.15, -0.1) is 11.8 Å². The molecule has 0 saturated carbocycles. The molecular weight excluding hydrogens is 391 g/mol. The summed E-state index contributed by atoms with van der Waals surface area (Å²) in [6.45, 7) is 2.30. The number of amides is 2. The van der Waals surface area contributed by atoms with Crippen LogP contribution in [0.2, 0.25) is 0 Å².